The molecule has 1 fully saturated rings. The van der Waals surface area contributed by atoms with Gasteiger partial charge < -0.3 is 0 Å². The van der Waals surface area contributed by atoms with Crippen molar-refractivity contribution >= 4 is 17.9 Å². The van der Waals surface area contributed by atoms with Crippen LogP contribution in [0.4, 0.5) is 0 Å². The fourth-order valence-electron chi connectivity index (χ4n) is 4.37. The van der Waals surface area contributed by atoms with Crippen LogP contribution in [0.3, 0.4) is 0 Å². The van der Waals surface area contributed by atoms with Crippen LogP contribution in [0.5, 0.6) is 0 Å². The van der Waals surface area contributed by atoms with Crippen molar-refractivity contribution in [2.75, 3.05) is 0 Å². The minimum absolute atomic E-state index is 0.476. The van der Waals surface area contributed by atoms with Crippen molar-refractivity contribution in [3.8, 4) is 0 Å². The Labute approximate surface area is 147 Å². The Morgan fingerprint density at radius 2 is 1.75 bits per heavy atom. The highest BCUT2D eigenvalue weighted by Crippen LogP contribution is 2.55. The fourth-order valence-corrected chi connectivity index (χ4v) is 8.07. The Morgan fingerprint density at radius 3 is 2.33 bits per heavy atom. The lowest BCUT2D eigenvalue weighted by atomic mass is 9.73. The first-order valence-corrected chi connectivity index (χ1v) is 14.0. The molecule has 1 aromatic carbocycles. The van der Waals surface area contributed by atoms with E-state index in [2.05, 4.69) is 32.3 Å². The molecule has 0 aromatic heterocycles. The van der Waals surface area contributed by atoms with E-state index < -0.39 is 22.7 Å². The first kappa shape index (κ1) is 17.7. The summed E-state index contributed by atoms with van der Waals surface area (Å²) < 4.78 is 26.4. The number of fused-ring (bicyclic) bond motifs is 1. The number of hydrogen-bond acceptors (Lipinski definition) is 2. The molecule has 0 N–H and O–H groups in total. The van der Waals surface area contributed by atoms with Gasteiger partial charge in [-0.15, -0.1) is 0 Å². The quantitative estimate of drug-likeness (QED) is 0.686. The molecule has 0 saturated heterocycles. The maximum absolute atomic E-state index is 13.5. The summed E-state index contributed by atoms with van der Waals surface area (Å²) in [6, 6.07) is 9.04. The van der Waals surface area contributed by atoms with E-state index in [1.54, 1.807) is 12.1 Å². The van der Waals surface area contributed by atoms with E-state index in [1.807, 2.05) is 18.2 Å². The average Bonchev–Trinajstić information content (AvgIpc) is 2.62. The van der Waals surface area contributed by atoms with Crippen LogP contribution >= 0.6 is 0 Å². The molecule has 1 saturated carbocycles. The van der Waals surface area contributed by atoms with Crippen molar-refractivity contribution in [2.45, 2.75) is 68.3 Å². The highest BCUT2D eigenvalue weighted by molar-refractivity contribution is 7.93. The minimum Gasteiger partial charge on any atom is -0.223 e. The van der Waals surface area contributed by atoms with E-state index in [1.165, 1.54) is 11.1 Å². The Morgan fingerprint density at radius 1 is 1.08 bits per heavy atom. The molecule has 4 heteroatoms. The zero-order valence-electron chi connectivity index (χ0n) is 15.2. The predicted octanol–water partition coefficient (Wildman–Crippen LogP) is 5.30. The van der Waals surface area contributed by atoms with Crippen LogP contribution in [0.15, 0.2) is 57.6 Å². The molecular formula is C20H28O2SSi. The lowest BCUT2D eigenvalue weighted by molar-refractivity contribution is 0.481. The topological polar surface area (TPSA) is 34.1 Å². The second-order valence-electron chi connectivity index (χ2n) is 8.39. The Bertz CT molecular complexity index is 798. The predicted molar refractivity (Wildman–Crippen MR) is 104 cm³/mol. The Kier molecular flexibility index (Phi) is 4.41. The molecule has 2 aliphatic rings. The number of allylic oxidation sites excluding steroid dienone is 2. The highest BCUT2D eigenvalue weighted by atomic mass is 32.2. The highest BCUT2D eigenvalue weighted by Gasteiger charge is 2.55. The smallest absolute Gasteiger partial charge is 0.188 e. The maximum atomic E-state index is 13.5. The molecule has 0 bridgehead atoms. The molecule has 0 aliphatic heterocycles. The second-order valence-corrected chi connectivity index (χ2v) is 15.7. The summed E-state index contributed by atoms with van der Waals surface area (Å²) in [6.07, 6.45) is 4.58. The summed E-state index contributed by atoms with van der Waals surface area (Å²) in [4.78, 5) is 0.476. The Balaban J connectivity index is 2.15. The van der Waals surface area contributed by atoms with Crippen molar-refractivity contribution in [2.24, 2.45) is 0 Å². The van der Waals surface area contributed by atoms with E-state index >= 15 is 0 Å². The number of hydrogen-bond donors (Lipinski definition) is 0. The van der Waals surface area contributed by atoms with Gasteiger partial charge in [0.2, 0.25) is 0 Å². The van der Waals surface area contributed by atoms with Gasteiger partial charge in [0, 0.05) is 0 Å². The molecule has 2 aliphatic carbocycles. The largest absolute Gasteiger partial charge is 0.223 e. The Hall–Kier alpha value is -1.13. The van der Waals surface area contributed by atoms with Crippen molar-refractivity contribution in [1.82, 2.24) is 0 Å². The van der Waals surface area contributed by atoms with Gasteiger partial charge in [0.25, 0.3) is 0 Å². The van der Waals surface area contributed by atoms with Crippen LogP contribution < -0.4 is 0 Å². The van der Waals surface area contributed by atoms with Gasteiger partial charge in [0.05, 0.1) is 13.0 Å². The van der Waals surface area contributed by atoms with Crippen LogP contribution in [-0.2, 0) is 9.84 Å². The van der Waals surface area contributed by atoms with Crippen molar-refractivity contribution in [1.29, 1.82) is 0 Å². The SMILES string of the molecule is CC1=C2/C(=C/[Si](C)(C)C)CCCCC2(S(=O)(=O)c2ccccc2)C1. The minimum atomic E-state index is -3.35. The summed E-state index contributed by atoms with van der Waals surface area (Å²) in [5.41, 5.74) is 6.20. The molecular weight excluding hydrogens is 332 g/mol. The molecule has 3 rings (SSSR count). The standard InChI is InChI=1S/C20H28O2SSi/c1-16-14-20(23(21,22)18-11-6-5-7-12-18)13-9-8-10-17(19(16)20)15-24(2,3)4/h5-7,11-12,15H,8-10,13-14H2,1-4H3/b17-15+. The van der Waals surface area contributed by atoms with Crippen molar-refractivity contribution in [3.63, 3.8) is 0 Å². The van der Waals surface area contributed by atoms with Crippen LogP contribution in [0, 0.1) is 0 Å². The van der Waals surface area contributed by atoms with Crippen molar-refractivity contribution < 1.29 is 8.42 Å². The van der Waals surface area contributed by atoms with Crippen LogP contribution in [0.1, 0.15) is 39.0 Å². The average molecular weight is 361 g/mol. The maximum Gasteiger partial charge on any atom is 0.188 e. The van der Waals surface area contributed by atoms with Gasteiger partial charge in [-0.1, -0.05) is 61.1 Å². The monoisotopic (exact) mass is 360 g/mol. The normalized spacial score (nSPS) is 26.8. The molecule has 0 radical (unpaired) electrons. The molecule has 0 amide bonds. The number of sulfone groups is 1. The lowest BCUT2D eigenvalue weighted by Gasteiger charge is -2.45. The molecule has 0 heterocycles. The molecule has 1 atom stereocenters. The van der Waals surface area contributed by atoms with Gasteiger partial charge >= 0.3 is 0 Å². The van der Waals surface area contributed by atoms with Crippen LogP contribution in [0.2, 0.25) is 19.6 Å². The second kappa shape index (κ2) is 5.99. The van der Waals surface area contributed by atoms with Gasteiger partial charge in [-0.2, -0.15) is 0 Å². The first-order chi connectivity index (χ1) is 11.2. The summed E-state index contributed by atoms with van der Waals surface area (Å²) in [5.74, 6) is 0. The summed E-state index contributed by atoms with van der Waals surface area (Å²) in [5, 5.41) is 0. The first-order valence-electron chi connectivity index (χ1n) is 8.89. The van der Waals surface area contributed by atoms with Crippen LogP contribution in [0.25, 0.3) is 0 Å². The number of rotatable bonds is 3. The molecule has 24 heavy (non-hydrogen) atoms. The lowest BCUT2D eigenvalue weighted by Crippen LogP contribution is -2.47. The summed E-state index contributed by atoms with van der Waals surface area (Å²) in [7, 11) is -4.75. The molecule has 1 aromatic rings. The third-order valence-corrected chi connectivity index (χ3v) is 8.89. The van der Waals surface area contributed by atoms with Gasteiger partial charge in [-0.05, 0) is 50.3 Å². The zero-order valence-corrected chi connectivity index (χ0v) is 17.0. The van der Waals surface area contributed by atoms with E-state index in [0.29, 0.717) is 11.3 Å². The van der Waals surface area contributed by atoms with E-state index in [4.69, 9.17) is 0 Å². The van der Waals surface area contributed by atoms with E-state index in [-0.39, 0.29) is 0 Å². The molecule has 0 spiro atoms. The van der Waals surface area contributed by atoms with Gasteiger partial charge in [0.1, 0.15) is 4.75 Å². The van der Waals surface area contributed by atoms with Crippen molar-refractivity contribution in [3.05, 3.63) is 52.8 Å². The van der Waals surface area contributed by atoms with Gasteiger partial charge in [0.15, 0.2) is 9.84 Å². The van der Waals surface area contributed by atoms with E-state index in [9.17, 15) is 8.42 Å². The van der Waals surface area contributed by atoms with Crippen LogP contribution in [-0.4, -0.2) is 21.2 Å². The molecule has 1 unspecified atom stereocenters. The van der Waals surface area contributed by atoms with E-state index in [0.717, 1.165) is 31.3 Å². The third-order valence-electron chi connectivity index (χ3n) is 5.21. The van der Waals surface area contributed by atoms with Gasteiger partial charge in [-0.25, -0.2) is 8.42 Å². The zero-order chi connectivity index (χ0) is 17.6. The summed E-state index contributed by atoms with van der Waals surface area (Å²) in [6.45, 7) is 9.10. The fraction of sp³-hybridized carbons (Fsp3) is 0.500. The third kappa shape index (κ3) is 2.84. The number of benzene rings is 1. The summed E-state index contributed by atoms with van der Waals surface area (Å²) >= 11 is 0. The van der Waals surface area contributed by atoms with Gasteiger partial charge in [-0.3, -0.25) is 0 Å². The molecule has 2 nitrogen and oxygen atoms in total. The molecule has 130 valence electrons.